The van der Waals surface area contributed by atoms with E-state index in [4.69, 9.17) is 4.74 Å². The molecular weight excluding hydrogens is 250 g/mol. The van der Waals surface area contributed by atoms with Gasteiger partial charge in [-0.25, -0.2) is 4.98 Å². The maximum absolute atomic E-state index is 5.76. The van der Waals surface area contributed by atoms with Crippen LogP contribution in [0.2, 0.25) is 0 Å². The van der Waals surface area contributed by atoms with Gasteiger partial charge in [0.1, 0.15) is 0 Å². The Bertz CT molecular complexity index is 420. The molecule has 1 aliphatic heterocycles. The molecule has 0 aromatic carbocycles. The zero-order chi connectivity index (χ0) is 14.5. The Morgan fingerprint density at radius 1 is 1.40 bits per heavy atom. The Labute approximate surface area is 122 Å². The number of rotatable bonds is 6. The van der Waals surface area contributed by atoms with Crippen molar-refractivity contribution >= 4 is 0 Å². The van der Waals surface area contributed by atoms with Crippen molar-refractivity contribution in [3.05, 3.63) is 23.9 Å². The SMILES string of the molecule is CC(C)Oc1ncccc1CNC1CCN(C(C)C)C1. The summed E-state index contributed by atoms with van der Waals surface area (Å²) in [4.78, 5) is 6.85. The minimum atomic E-state index is 0.159. The molecule has 2 heterocycles. The summed E-state index contributed by atoms with van der Waals surface area (Å²) in [6.07, 6.45) is 3.17. The number of aromatic nitrogens is 1. The molecule has 0 amide bonds. The lowest BCUT2D eigenvalue weighted by Crippen LogP contribution is -2.34. The van der Waals surface area contributed by atoms with Gasteiger partial charge in [0, 0.05) is 36.9 Å². The molecule has 1 aliphatic rings. The minimum absolute atomic E-state index is 0.159. The van der Waals surface area contributed by atoms with Gasteiger partial charge in [-0.05, 0) is 46.7 Å². The first-order valence-corrected chi connectivity index (χ1v) is 7.64. The zero-order valence-corrected chi connectivity index (χ0v) is 13.1. The fraction of sp³-hybridized carbons (Fsp3) is 0.688. The molecule has 4 heteroatoms. The smallest absolute Gasteiger partial charge is 0.218 e. The first-order chi connectivity index (χ1) is 9.56. The molecule has 1 fully saturated rings. The number of hydrogen-bond donors (Lipinski definition) is 1. The van der Waals surface area contributed by atoms with Crippen molar-refractivity contribution < 1.29 is 4.74 Å². The number of pyridine rings is 1. The van der Waals surface area contributed by atoms with Gasteiger partial charge >= 0.3 is 0 Å². The summed E-state index contributed by atoms with van der Waals surface area (Å²) >= 11 is 0. The summed E-state index contributed by atoms with van der Waals surface area (Å²) in [5.41, 5.74) is 1.14. The third-order valence-corrected chi connectivity index (χ3v) is 3.73. The Kier molecular flexibility index (Phi) is 5.38. The summed E-state index contributed by atoms with van der Waals surface area (Å²) in [6.45, 7) is 11.7. The van der Waals surface area contributed by atoms with Crippen LogP contribution >= 0.6 is 0 Å². The average Bonchev–Trinajstić information content (AvgIpc) is 2.86. The first kappa shape index (κ1) is 15.3. The van der Waals surface area contributed by atoms with Crippen LogP contribution < -0.4 is 10.1 Å². The van der Waals surface area contributed by atoms with Crippen LogP contribution in [-0.2, 0) is 6.54 Å². The predicted molar refractivity (Wildman–Crippen MR) is 82.0 cm³/mol. The molecule has 1 aromatic rings. The van der Waals surface area contributed by atoms with Gasteiger partial charge in [-0.2, -0.15) is 0 Å². The van der Waals surface area contributed by atoms with E-state index in [2.05, 4.69) is 35.1 Å². The highest BCUT2D eigenvalue weighted by atomic mass is 16.5. The van der Waals surface area contributed by atoms with Crippen molar-refractivity contribution in [1.29, 1.82) is 0 Å². The molecule has 0 bridgehead atoms. The molecule has 1 unspecified atom stereocenters. The van der Waals surface area contributed by atoms with Crippen LogP contribution in [0, 0.1) is 0 Å². The quantitative estimate of drug-likeness (QED) is 0.866. The van der Waals surface area contributed by atoms with E-state index in [1.165, 1.54) is 13.0 Å². The van der Waals surface area contributed by atoms with E-state index in [0.717, 1.165) is 24.5 Å². The number of hydrogen-bond acceptors (Lipinski definition) is 4. The van der Waals surface area contributed by atoms with Crippen molar-refractivity contribution in [2.45, 2.75) is 58.8 Å². The maximum Gasteiger partial charge on any atom is 0.218 e. The molecule has 1 aromatic heterocycles. The number of nitrogens with one attached hydrogen (secondary N) is 1. The Balaban J connectivity index is 1.88. The van der Waals surface area contributed by atoms with E-state index in [-0.39, 0.29) is 6.10 Å². The van der Waals surface area contributed by atoms with Gasteiger partial charge in [-0.1, -0.05) is 6.07 Å². The van der Waals surface area contributed by atoms with E-state index in [9.17, 15) is 0 Å². The second-order valence-corrected chi connectivity index (χ2v) is 6.09. The normalized spacial score (nSPS) is 20.0. The van der Waals surface area contributed by atoms with Gasteiger partial charge in [0.05, 0.1) is 6.10 Å². The van der Waals surface area contributed by atoms with Gasteiger partial charge in [0.2, 0.25) is 5.88 Å². The molecule has 0 radical (unpaired) electrons. The second-order valence-electron chi connectivity index (χ2n) is 6.09. The molecule has 0 aliphatic carbocycles. The molecule has 1 N–H and O–H groups in total. The topological polar surface area (TPSA) is 37.4 Å². The monoisotopic (exact) mass is 277 g/mol. The Morgan fingerprint density at radius 3 is 2.85 bits per heavy atom. The molecule has 1 saturated heterocycles. The highest BCUT2D eigenvalue weighted by Gasteiger charge is 2.23. The van der Waals surface area contributed by atoms with Gasteiger partial charge < -0.3 is 10.1 Å². The van der Waals surface area contributed by atoms with Crippen LogP contribution in [0.4, 0.5) is 0 Å². The van der Waals surface area contributed by atoms with Gasteiger partial charge in [-0.15, -0.1) is 0 Å². The molecule has 2 rings (SSSR count). The molecule has 1 atom stereocenters. The Hall–Kier alpha value is -1.13. The average molecular weight is 277 g/mol. The summed E-state index contributed by atoms with van der Waals surface area (Å²) in [5.74, 6) is 0.758. The predicted octanol–water partition coefficient (Wildman–Crippen LogP) is 2.44. The van der Waals surface area contributed by atoms with Crippen molar-refractivity contribution in [2.75, 3.05) is 13.1 Å². The Morgan fingerprint density at radius 2 is 2.20 bits per heavy atom. The van der Waals surface area contributed by atoms with Crippen molar-refractivity contribution in [1.82, 2.24) is 15.2 Å². The van der Waals surface area contributed by atoms with E-state index < -0.39 is 0 Å². The van der Waals surface area contributed by atoms with Crippen molar-refractivity contribution in [3.8, 4) is 5.88 Å². The standard InChI is InChI=1S/C16H27N3O/c1-12(2)19-9-7-15(11-19)18-10-14-6-5-8-17-16(14)20-13(3)4/h5-6,8,12-13,15,18H,7,9-11H2,1-4H3. The molecule has 112 valence electrons. The van der Waals surface area contributed by atoms with Crippen LogP contribution in [0.25, 0.3) is 0 Å². The van der Waals surface area contributed by atoms with E-state index >= 15 is 0 Å². The third-order valence-electron chi connectivity index (χ3n) is 3.73. The van der Waals surface area contributed by atoms with Gasteiger partial charge in [0.15, 0.2) is 0 Å². The lowest BCUT2D eigenvalue weighted by Gasteiger charge is -2.20. The lowest BCUT2D eigenvalue weighted by atomic mass is 10.2. The van der Waals surface area contributed by atoms with E-state index in [0.29, 0.717) is 12.1 Å². The van der Waals surface area contributed by atoms with Crippen LogP contribution in [0.15, 0.2) is 18.3 Å². The second kappa shape index (κ2) is 7.04. The summed E-state index contributed by atoms with van der Waals surface area (Å²) in [5, 5.41) is 3.63. The zero-order valence-electron chi connectivity index (χ0n) is 13.1. The molecule has 20 heavy (non-hydrogen) atoms. The highest BCUT2D eigenvalue weighted by Crippen LogP contribution is 2.17. The molecule has 0 spiro atoms. The van der Waals surface area contributed by atoms with Crippen LogP contribution in [-0.4, -0.2) is 41.2 Å². The third kappa shape index (κ3) is 4.18. The largest absolute Gasteiger partial charge is 0.475 e. The molecule has 4 nitrogen and oxygen atoms in total. The van der Waals surface area contributed by atoms with E-state index in [1.807, 2.05) is 19.9 Å². The minimum Gasteiger partial charge on any atom is -0.475 e. The summed E-state index contributed by atoms with van der Waals surface area (Å²) in [7, 11) is 0. The van der Waals surface area contributed by atoms with E-state index in [1.54, 1.807) is 6.20 Å². The van der Waals surface area contributed by atoms with Crippen LogP contribution in [0.3, 0.4) is 0 Å². The summed E-state index contributed by atoms with van der Waals surface area (Å²) in [6, 6.07) is 5.27. The van der Waals surface area contributed by atoms with Crippen molar-refractivity contribution in [3.63, 3.8) is 0 Å². The summed E-state index contributed by atoms with van der Waals surface area (Å²) < 4.78 is 5.76. The number of ether oxygens (including phenoxy) is 1. The maximum atomic E-state index is 5.76. The van der Waals surface area contributed by atoms with Gasteiger partial charge in [-0.3, -0.25) is 4.90 Å². The fourth-order valence-corrected chi connectivity index (χ4v) is 2.57. The lowest BCUT2D eigenvalue weighted by molar-refractivity contribution is 0.229. The van der Waals surface area contributed by atoms with Gasteiger partial charge in [0.25, 0.3) is 0 Å². The van der Waals surface area contributed by atoms with Crippen molar-refractivity contribution in [2.24, 2.45) is 0 Å². The number of likely N-dealkylation sites (tertiary alicyclic amines) is 1. The van der Waals surface area contributed by atoms with Crippen LogP contribution in [0.5, 0.6) is 5.88 Å². The fourth-order valence-electron chi connectivity index (χ4n) is 2.57. The molecule has 0 saturated carbocycles. The first-order valence-electron chi connectivity index (χ1n) is 7.64. The highest BCUT2D eigenvalue weighted by molar-refractivity contribution is 5.25. The van der Waals surface area contributed by atoms with Crippen LogP contribution in [0.1, 0.15) is 39.7 Å². The number of nitrogens with zero attached hydrogens (tertiary/aromatic N) is 2. The molecular formula is C16H27N3O.